The molecule has 0 aliphatic heterocycles. The number of rotatable bonds is 8. The number of carbonyl (C=O) groups excluding carboxylic acids is 1. The van der Waals surface area contributed by atoms with Crippen LogP contribution < -0.4 is 19.9 Å². The Morgan fingerprint density at radius 3 is 2.05 bits per heavy atom. The predicted molar refractivity (Wildman–Crippen MR) is 80.9 cm³/mol. The fourth-order valence-electron chi connectivity index (χ4n) is 2.00. The fourth-order valence-corrected chi connectivity index (χ4v) is 2.00. The summed E-state index contributed by atoms with van der Waals surface area (Å²) < 4.78 is 16.2. The Morgan fingerprint density at radius 2 is 1.67 bits per heavy atom. The Morgan fingerprint density at radius 1 is 1.14 bits per heavy atom. The van der Waals surface area contributed by atoms with Crippen molar-refractivity contribution in [3.63, 3.8) is 0 Å². The van der Waals surface area contributed by atoms with E-state index in [2.05, 4.69) is 0 Å². The van der Waals surface area contributed by atoms with Crippen LogP contribution in [0.5, 0.6) is 17.2 Å². The summed E-state index contributed by atoms with van der Waals surface area (Å²) in [6, 6.07) is 3.56. The molecule has 0 saturated heterocycles. The SMILES string of the molecule is CCN(CC)C(=O)COc1c(OC)cc(CN)cc1OC. The van der Waals surface area contributed by atoms with E-state index in [9.17, 15) is 4.79 Å². The van der Waals surface area contributed by atoms with Crippen molar-refractivity contribution in [1.82, 2.24) is 4.90 Å². The van der Waals surface area contributed by atoms with Crippen LogP contribution in [0.25, 0.3) is 0 Å². The van der Waals surface area contributed by atoms with Gasteiger partial charge in [-0.3, -0.25) is 4.79 Å². The molecule has 0 aliphatic rings. The van der Waals surface area contributed by atoms with Crippen molar-refractivity contribution in [3.8, 4) is 17.2 Å². The van der Waals surface area contributed by atoms with Crippen LogP contribution in [0.3, 0.4) is 0 Å². The molecule has 0 radical (unpaired) electrons. The number of nitrogens with two attached hydrogens (primary N) is 1. The number of benzene rings is 1. The molecule has 0 atom stereocenters. The maximum Gasteiger partial charge on any atom is 0.260 e. The van der Waals surface area contributed by atoms with Crippen LogP contribution in [0, 0.1) is 0 Å². The molecule has 1 rings (SSSR count). The zero-order chi connectivity index (χ0) is 15.8. The summed E-state index contributed by atoms with van der Waals surface area (Å²) in [6.45, 7) is 5.47. The molecule has 6 heteroatoms. The molecule has 21 heavy (non-hydrogen) atoms. The van der Waals surface area contributed by atoms with Gasteiger partial charge in [-0.2, -0.15) is 0 Å². The molecule has 6 nitrogen and oxygen atoms in total. The molecule has 0 bridgehead atoms. The van der Waals surface area contributed by atoms with Gasteiger partial charge in [0, 0.05) is 19.6 Å². The number of ether oxygens (including phenoxy) is 3. The monoisotopic (exact) mass is 296 g/mol. The van der Waals surface area contributed by atoms with Crippen molar-refractivity contribution < 1.29 is 19.0 Å². The molecular weight excluding hydrogens is 272 g/mol. The molecular formula is C15H24N2O4. The van der Waals surface area contributed by atoms with Crippen molar-refractivity contribution in [2.24, 2.45) is 5.73 Å². The van der Waals surface area contributed by atoms with Crippen LogP contribution in [-0.4, -0.2) is 44.7 Å². The summed E-state index contributed by atoms with van der Waals surface area (Å²) in [7, 11) is 3.07. The molecule has 1 aromatic rings. The number of nitrogens with zero attached hydrogens (tertiary/aromatic N) is 1. The Balaban J connectivity index is 2.94. The normalized spacial score (nSPS) is 10.1. The largest absolute Gasteiger partial charge is 0.493 e. The average molecular weight is 296 g/mol. The summed E-state index contributed by atoms with van der Waals surface area (Å²) in [4.78, 5) is 13.7. The van der Waals surface area contributed by atoms with Gasteiger partial charge < -0.3 is 24.8 Å². The minimum absolute atomic E-state index is 0.0592. The number of likely N-dealkylation sites (N-methyl/N-ethyl adjacent to an activating group) is 1. The van der Waals surface area contributed by atoms with E-state index in [1.807, 2.05) is 13.8 Å². The van der Waals surface area contributed by atoms with Gasteiger partial charge in [0.05, 0.1) is 14.2 Å². The van der Waals surface area contributed by atoms with E-state index in [0.29, 0.717) is 36.9 Å². The van der Waals surface area contributed by atoms with Crippen LogP contribution in [-0.2, 0) is 11.3 Å². The second-order valence-electron chi connectivity index (χ2n) is 4.39. The quantitative estimate of drug-likeness (QED) is 0.785. The van der Waals surface area contributed by atoms with Gasteiger partial charge in [-0.25, -0.2) is 0 Å². The van der Waals surface area contributed by atoms with Crippen LogP contribution in [0.2, 0.25) is 0 Å². The van der Waals surface area contributed by atoms with Crippen LogP contribution in [0.15, 0.2) is 12.1 Å². The molecule has 0 heterocycles. The number of carbonyl (C=O) groups is 1. The predicted octanol–water partition coefficient (Wildman–Crippen LogP) is 1.41. The summed E-state index contributed by atoms with van der Waals surface area (Å²) in [5.74, 6) is 1.34. The van der Waals surface area contributed by atoms with Gasteiger partial charge in [0.2, 0.25) is 5.75 Å². The number of amides is 1. The highest BCUT2D eigenvalue weighted by Gasteiger charge is 2.17. The van der Waals surface area contributed by atoms with Crippen molar-refractivity contribution in [1.29, 1.82) is 0 Å². The second-order valence-corrected chi connectivity index (χ2v) is 4.39. The lowest BCUT2D eigenvalue weighted by Crippen LogP contribution is -2.34. The highest BCUT2D eigenvalue weighted by Crippen LogP contribution is 2.38. The highest BCUT2D eigenvalue weighted by molar-refractivity contribution is 5.78. The molecule has 118 valence electrons. The third kappa shape index (κ3) is 4.26. The van der Waals surface area contributed by atoms with Crippen LogP contribution in [0.1, 0.15) is 19.4 Å². The summed E-state index contributed by atoms with van der Waals surface area (Å²) in [6.07, 6.45) is 0. The average Bonchev–Trinajstić information content (AvgIpc) is 2.52. The third-order valence-electron chi connectivity index (χ3n) is 3.21. The van der Waals surface area contributed by atoms with Crippen molar-refractivity contribution in [2.45, 2.75) is 20.4 Å². The topological polar surface area (TPSA) is 74.0 Å². The standard InChI is InChI=1S/C15H24N2O4/c1-5-17(6-2)14(18)10-21-15-12(19-3)7-11(9-16)8-13(15)20-4/h7-8H,5-6,9-10,16H2,1-4H3. The van der Waals surface area contributed by atoms with Gasteiger partial charge in [0.25, 0.3) is 5.91 Å². The minimum atomic E-state index is -0.0768. The lowest BCUT2D eigenvalue weighted by Gasteiger charge is -2.20. The highest BCUT2D eigenvalue weighted by atomic mass is 16.5. The second kappa shape index (κ2) is 8.36. The Labute approximate surface area is 125 Å². The smallest absolute Gasteiger partial charge is 0.260 e. The lowest BCUT2D eigenvalue weighted by molar-refractivity contribution is -0.133. The molecule has 0 aliphatic carbocycles. The molecule has 0 unspecified atom stereocenters. The molecule has 1 aromatic carbocycles. The van der Waals surface area contributed by atoms with E-state index in [-0.39, 0.29) is 12.5 Å². The Kier molecular flexibility index (Phi) is 6.81. The first-order chi connectivity index (χ1) is 10.1. The molecule has 1 amide bonds. The minimum Gasteiger partial charge on any atom is -0.493 e. The van der Waals surface area contributed by atoms with Crippen molar-refractivity contribution in [2.75, 3.05) is 33.9 Å². The zero-order valence-electron chi connectivity index (χ0n) is 13.1. The Hall–Kier alpha value is -1.95. The first-order valence-corrected chi connectivity index (χ1v) is 6.96. The van der Waals surface area contributed by atoms with Crippen LogP contribution >= 0.6 is 0 Å². The number of hydrogen-bond acceptors (Lipinski definition) is 5. The van der Waals surface area contributed by atoms with E-state index in [1.54, 1.807) is 17.0 Å². The van der Waals surface area contributed by atoms with E-state index in [4.69, 9.17) is 19.9 Å². The van der Waals surface area contributed by atoms with Gasteiger partial charge in [0.1, 0.15) is 0 Å². The summed E-state index contributed by atoms with van der Waals surface area (Å²) in [5, 5.41) is 0. The lowest BCUT2D eigenvalue weighted by atomic mass is 10.2. The molecule has 0 aromatic heterocycles. The third-order valence-corrected chi connectivity index (χ3v) is 3.21. The van der Waals surface area contributed by atoms with E-state index >= 15 is 0 Å². The number of hydrogen-bond donors (Lipinski definition) is 1. The molecule has 0 saturated carbocycles. The van der Waals surface area contributed by atoms with Crippen molar-refractivity contribution in [3.05, 3.63) is 17.7 Å². The van der Waals surface area contributed by atoms with Gasteiger partial charge >= 0.3 is 0 Å². The van der Waals surface area contributed by atoms with Crippen LogP contribution in [0.4, 0.5) is 0 Å². The van der Waals surface area contributed by atoms with Gasteiger partial charge in [-0.05, 0) is 31.5 Å². The fraction of sp³-hybridized carbons (Fsp3) is 0.533. The molecule has 0 fully saturated rings. The van der Waals surface area contributed by atoms with Gasteiger partial charge in [-0.1, -0.05) is 0 Å². The number of methoxy groups -OCH3 is 2. The van der Waals surface area contributed by atoms with E-state index < -0.39 is 0 Å². The molecule has 0 spiro atoms. The van der Waals surface area contributed by atoms with Gasteiger partial charge in [-0.15, -0.1) is 0 Å². The molecule has 2 N–H and O–H groups in total. The van der Waals surface area contributed by atoms with E-state index in [1.165, 1.54) is 14.2 Å². The zero-order valence-corrected chi connectivity index (χ0v) is 13.1. The maximum absolute atomic E-state index is 12.0. The summed E-state index contributed by atoms with van der Waals surface area (Å²) >= 11 is 0. The van der Waals surface area contributed by atoms with Crippen molar-refractivity contribution >= 4 is 5.91 Å². The summed E-state index contributed by atoms with van der Waals surface area (Å²) in [5.41, 5.74) is 6.50. The first-order valence-electron chi connectivity index (χ1n) is 6.96. The Bertz CT molecular complexity index is 448. The first kappa shape index (κ1) is 17.1. The van der Waals surface area contributed by atoms with Gasteiger partial charge in [0.15, 0.2) is 18.1 Å². The van der Waals surface area contributed by atoms with E-state index in [0.717, 1.165) is 5.56 Å². The maximum atomic E-state index is 12.0.